The van der Waals surface area contributed by atoms with E-state index in [0.717, 1.165) is 55.3 Å². The number of rotatable bonds is 9. The highest BCUT2D eigenvalue weighted by Crippen LogP contribution is 2.29. The van der Waals surface area contributed by atoms with Crippen LogP contribution in [0.25, 0.3) is 11.2 Å². The Morgan fingerprint density at radius 3 is 2.64 bits per heavy atom. The summed E-state index contributed by atoms with van der Waals surface area (Å²) in [6, 6.07) is 6.09. The molecule has 9 nitrogen and oxygen atoms in total. The van der Waals surface area contributed by atoms with E-state index in [4.69, 9.17) is 20.4 Å². The lowest BCUT2D eigenvalue weighted by atomic mass is 9.92. The Morgan fingerprint density at radius 2 is 1.94 bits per heavy atom. The number of ether oxygens (including phenoxy) is 1. The van der Waals surface area contributed by atoms with Crippen molar-refractivity contribution in [3.63, 3.8) is 0 Å². The highest BCUT2D eigenvalue weighted by molar-refractivity contribution is 5.84. The van der Waals surface area contributed by atoms with Crippen LogP contribution in [0.1, 0.15) is 64.0 Å². The highest BCUT2D eigenvalue weighted by Gasteiger charge is 2.22. The number of anilines is 2. The van der Waals surface area contributed by atoms with Gasteiger partial charge in [-0.05, 0) is 56.7 Å². The molecule has 2 heterocycles. The standard InChI is InChI=1S/C24H35N7O2/c1-4-18(5-2)31-14-27-21-22(26-13-15-12-19(33-3)10-11-20(15)32)29-24(30-23(21)31)28-17-8-6-16(25)7-9-17/h10-12,14,16-18,32H,4-9,13,25H2,1-3H3,(H2,26,28,29,30). The van der Waals surface area contributed by atoms with Gasteiger partial charge in [0.1, 0.15) is 11.5 Å². The second-order valence-electron chi connectivity index (χ2n) is 8.79. The molecule has 0 aliphatic heterocycles. The fraction of sp³-hybridized carbons (Fsp3) is 0.542. The SMILES string of the molecule is CCC(CC)n1cnc2c(NCc3cc(OC)ccc3O)nc(NC3CCC(N)CC3)nc21. The number of aromatic nitrogens is 4. The molecule has 2 aromatic heterocycles. The van der Waals surface area contributed by atoms with Crippen LogP contribution in [0.5, 0.6) is 11.5 Å². The normalized spacial score (nSPS) is 18.6. The van der Waals surface area contributed by atoms with Crippen LogP contribution in [0.15, 0.2) is 24.5 Å². The zero-order valence-corrected chi connectivity index (χ0v) is 19.7. The van der Waals surface area contributed by atoms with E-state index in [1.54, 1.807) is 19.2 Å². The van der Waals surface area contributed by atoms with Crippen molar-refractivity contribution in [3.05, 3.63) is 30.1 Å². The fourth-order valence-corrected chi connectivity index (χ4v) is 4.51. The molecule has 1 aliphatic rings. The second kappa shape index (κ2) is 10.2. The number of nitrogens with zero attached hydrogens (tertiary/aromatic N) is 4. The molecule has 0 unspecified atom stereocenters. The van der Waals surface area contributed by atoms with Crippen LogP contribution in [-0.2, 0) is 6.54 Å². The lowest BCUT2D eigenvalue weighted by Crippen LogP contribution is -2.33. The first-order valence-corrected chi connectivity index (χ1v) is 11.9. The monoisotopic (exact) mass is 453 g/mol. The Labute approximate surface area is 194 Å². The molecule has 0 saturated heterocycles. The summed E-state index contributed by atoms with van der Waals surface area (Å²) in [6.07, 6.45) is 7.88. The quantitative estimate of drug-likeness (QED) is 0.380. The molecule has 1 saturated carbocycles. The third-order valence-electron chi connectivity index (χ3n) is 6.60. The second-order valence-corrected chi connectivity index (χ2v) is 8.79. The lowest BCUT2D eigenvalue weighted by molar-refractivity contribution is 0.410. The van der Waals surface area contributed by atoms with Crippen molar-refractivity contribution in [3.8, 4) is 11.5 Å². The summed E-state index contributed by atoms with van der Waals surface area (Å²) in [6.45, 7) is 4.73. The van der Waals surface area contributed by atoms with E-state index in [1.165, 1.54) is 0 Å². The fourth-order valence-electron chi connectivity index (χ4n) is 4.51. The Bertz CT molecular complexity index is 1070. The largest absolute Gasteiger partial charge is 0.508 e. The molecule has 4 rings (SSSR count). The number of benzene rings is 1. The van der Waals surface area contributed by atoms with Crippen molar-refractivity contribution < 1.29 is 9.84 Å². The van der Waals surface area contributed by atoms with E-state index in [-0.39, 0.29) is 11.8 Å². The first kappa shape index (κ1) is 23.1. The van der Waals surface area contributed by atoms with E-state index in [9.17, 15) is 5.11 Å². The van der Waals surface area contributed by atoms with Crippen molar-refractivity contribution in [2.45, 2.75) is 77.0 Å². The van der Waals surface area contributed by atoms with Crippen LogP contribution in [0.3, 0.4) is 0 Å². The molecule has 9 heteroatoms. The Balaban J connectivity index is 1.66. The van der Waals surface area contributed by atoms with Crippen LogP contribution in [0.2, 0.25) is 0 Å². The van der Waals surface area contributed by atoms with Gasteiger partial charge in [0.25, 0.3) is 0 Å². The zero-order valence-electron chi connectivity index (χ0n) is 19.7. The maximum atomic E-state index is 10.3. The predicted molar refractivity (Wildman–Crippen MR) is 131 cm³/mol. The van der Waals surface area contributed by atoms with Gasteiger partial charge in [-0.2, -0.15) is 9.97 Å². The minimum atomic E-state index is 0.202. The molecule has 0 amide bonds. The molecule has 1 fully saturated rings. The van der Waals surface area contributed by atoms with Crippen LogP contribution in [-0.4, -0.2) is 43.8 Å². The molecular weight excluding hydrogens is 418 g/mol. The molecule has 0 atom stereocenters. The van der Waals surface area contributed by atoms with Crippen LogP contribution >= 0.6 is 0 Å². The van der Waals surface area contributed by atoms with Gasteiger partial charge in [-0.15, -0.1) is 0 Å². The topological polar surface area (TPSA) is 123 Å². The maximum absolute atomic E-state index is 10.3. The van der Waals surface area contributed by atoms with Gasteiger partial charge in [-0.25, -0.2) is 4.98 Å². The average molecular weight is 454 g/mol. The molecule has 1 aliphatic carbocycles. The number of fused-ring (bicyclic) bond motifs is 1. The van der Waals surface area contributed by atoms with Gasteiger partial charge in [0.2, 0.25) is 5.95 Å². The van der Waals surface area contributed by atoms with Gasteiger partial charge < -0.3 is 30.8 Å². The number of phenols is 1. The third kappa shape index (κ3) is 5.13. The maximum Gasteiger partial charge on any atom is 0.227 e. The number of phenolic OH excluding ortho intramolecular Hbond substituents is 1. The van der Waals surface area contributed by atoms with Crippen LogP contribution in [0, 0.1) is 0 Å². The van der Waals surface area contributed by atoms with E-state index in [0.29, 0.717) is 36.1 Å². The van der Waals surface area contributed by atoms with Gasteiger partial charge in [-0.1, -0.05) is 13.8 Å². The molecule has 3 aromatic rings. The highest BCUT2D eigenvalue weighted by atomic mass is 16.5. The number of nitrogens with one attached hydrogen (secondary N) is 2. The summed E-state index contributed by atoms with van der Waals surface area (Å²) in [5.74, 6) is 2.12. The Hall–Kier alpha value is -3.07. The smallest absolute Gasteiger partial charge is 0.227 e. The summed E-state index contributed by atoms with van der Waals surface area (Å²) in [4.78, 5) is 14.3. The zero-order chi connectivity index (χ0) is 23.4. The predicted octanol–water partition coefficient (Wildman–Crippen LogP) is 4.20. The van der Waals surface area contributed by atoms with E-state index >= 15 is 0 Å². The molecule has 1 aromatic carbocycles. The molecule has 0 bridgehead atoms. The molecule has 0 radical (unpaired) electrons. The van der Waals surface area contributed by atoms with Gasteiger partial charge >= 0.3 is 0 Å². The van der Waals surface area contributed by atoms with E-state index in [1.807, 2.05) is 12.4 Å². The van der Waals surface area contributed by atoms with E-state index in [2.05, 4.69) is 34.0 Å². The Morgan fingerprint density at radius 1 is 1.18 bits per heavy atom. The number of nitrogens with two attached hydrogens (primary N) is 1. The summed E-state index contributed by atoms with van der Waals surface area (Å²) in [5, 5.41) is 17.2. The molecule has 178 valence electrons. The first-order chi connectivity index (χ1) is 16.0. The number of imidazole rings is 1. The number of aromatic hydroxyl groups is 1. The lowest BCUT2D eigenvalue weighted by Gasteiger charge is -2.27. The van der Waals surface area contributed by atoms with Gasteiger partial charge in [0.05, 0.1) is 13.4 Å². The summed E-state index contributed by atoms with van der Waals surface area (Å²) >= 11 is 0. The molecule has 33 heavy (non-hydrogen) atoms. The van der Waals surface area contributed by atoms with Gasteiger partial charge in [0, 0.05) is 30.2 Å². The number of methoxy groups -OCH3 is 1. The van der Waals surface area contributed by atoms with Crippen molar-refractivity contribution >= 4 is 22.9 Å². The number of hydrogen-bond donors (Lipinski definition) is 4. The van der Waals surface area contributed by atoms with Crippen LogP contribution in [0.4, 0.5) is 11.8 Å². The van der Waals surface area contributed by atoms with Crippen molar-refractivity contribution in [2.24, 2.45) is 5.73 Å². The van der Waals surface area contributed by atoms with Crippen molar-refractivity contribution in [1.29, 1.82) is 0 Å². The minimum Gasteiger partial charge on any atom is -0.508 e. The molecular formula is C24H35N7O2. The van der Waals surface area contributed by atoms with Crippen molar-refractivity contribution in [1.82, 2.24) is 19.5 Å². The Kier molecular flexibility index (Phi) is 7.17. The summed E-state index contributed by atoms with van der Waals surface area (Å²) in [5.41, 5.74) is 8.33. The first-order valence-electron chi connectivity index (χ1n) is 11.9. The van der Waals surface area contributed by atoms with Crippen molar-refractivity contribution in [2.75, 3.05) is 17.7 Å². The average Bonchev–Trinajstić information content (AvgIpc) is 3.25. The minimum absolute atomic E-state index is 0.202. The third-order valence-corrected chi connectivity index (χ3v) is 6.60. The van der Waals surface area contributed by atoms with Gasteiger partial charge in [0.15, 0.2) is 17.0 Å². The number of hydrogen-bond acceptors (Lipinski definition) is 8. The summed E-state index contributed by atoms with van der Waals surface area (Å²) in [7, 11) is 1.61. The van der Waals surface area contributed by atoms with E-state index < -0.39 is 0 Å². The molecule has 0 spiro atoms. The molecule has 5 N–H and O–H groups in total. The summed E-state index contributed by atoms with van der Waals surface area (Å²) < 4.78 is 7.44. The van der Waals surface area contributed by atoms with Gasteiger partial charge in [-0.3, -0.25) is 0 Å². The van der Waals surface area contributed by atoms with Crippen LogP contribution < -0.4 is 21.1 Å².